The van der Waals surface area contributed by atoms with Gasteiger partial charge in [-0.25, -0.2) is 9.13 Å². The molecule has 0 aromatic rings. The Balaban J connectivity index is 5.15. The van der Waals surface area contributed by atoms with E-state index in [0.29, 0.717) is 25.7 Å². The molecule has 0 aliphatic heterocycles. The molecule has 0 radical (unpaired) electrons. The Morgan fingerprint density at radius 3 is 0.782 bits per heavy atom. The highest BCUT2D eigenvalue weighted by Gasteiger charge is 2.30. The highest BCUT2D eigenvalue weighted by atomic mass is 31.2. The van der Waals surface area contributed by atoms with Crippen molar-refractivity contribution in [2.24, 2.45) is 11.8 Å². The lowest BCUT2D eigenvalue weighted by Gasteiger charge is -2.21. The Labute approximate surface area is 530 Å². The van der Waals surface area contributed by atoms with E-state index in [1.165, 1.54) is 154 Å². The molecule has 0 aliphatic rings. The van der Waals surface area contributed by atoms with Crippen molar-refractivity contribution in [3.05, 3.63) is 0 Å². The van der Waals surface area contributed by atoms with Crippen LogP contribution in [0, 0.1) is 11.8 Å². The second-order valence-electron chi connectivity index (χ2n) is 25.5. The number of phosphoric ester groups is 2. The minimum Gasteiger partial charge on any atom is -0.462 e. The summed E-state index contributed by atoms with van der Waals surface area (Å²) in [6, 6.07) is 0. The number of aliphatic hydroxyl groups is 1. The highest BCUT2D eigenvalue weighted by molar-refractivity contribution is 7.47. The molecule has 17 nitrogen and oxygen atoms in total. The molecule has 0 heterocycles. The van der Waals surface area contributed by atoms with Gasteiger partial charge in [0, 0.05) is 25.7 Å². The molecule has 5 atom stereocenters. The topological polar surface area (TPSA) is 237 Å². The van der Waals surface area contributed by atoms with Gasteiger partial charge in [-0.15, -0.1) is 0 Å². The minimum atomic E-state index is -4.95. The van der Waals surface area contributed by atoms with Gasteiger partial charge in [0.25, 0.3) is 0 Å². The zero-order valence-electron chi connectivity index (χ0n) is 56.3. The molecular formula is C68H132O17P2. The Bertz CT molecular complexity index is 1700. The van der Waals surface area contributed by atoms with E-state index in [1.54, 1.807) is 0 Å². The quantitative estimate of drug-likeness (QED) is 0.0222. The van der Waals surface area contributed by atoms with Crippen LogP contribution < -0.4 is 0 Å². The summed E-state index contributed by atoms with van der Waals surface area (Å²) in [5.41, 5.74) is 0. The van der Waals surface area contributed by atoms with E-state index in [-0.39, 0.29) is 25.7 Å². The maximum absolute atomic E-state index is 13.0. The predicted octanol–water partition coefficient (Wildman–Crippen LogP) is 19.2. The van der Waals surface area contributed by atoms with Crippen LogP contribution in [0.4, 0.5) is 0 Å². The molecule has 87 heavy (non-hydrogen) atoms. The van der Waals surface area contributed by atoms with E-state index in [9.17, 15) is 43.2 Å². The van der Waals surface area contributed by atoms with Crippen molar-refractivity contribution in [2.75, 3.05) is 39.6 Å². The summed E-state index contributed by atoms with van der Waals surface area (Å²) < 4.78 is 68.0. The van der Waals surface area contributed by atoms with Crippen LogP contribution in [0.3, 0.4) is 0 Å². The van der Waals surface area contributed by atoms with Gasteiger partial charge in [-0.3, -0.25) is 37.3 Å². The number of rotatable bonds is 67. The molecule has 0 bridgehead atoms. The highest BCUT2D eigenvalue weighted by Crippen LogP contribution is 2.45. The molecular weight excluding hydrogens is 1150 g/mol. The molecule has 0 aromatic carbocycles. The third-order valence-corrected chi connectivity index (χ3v) is 17.6. The number of carbonyl (C=O) groups is 4. The van der Waals surface area contributed by atoms with Crippen LogP contribution in [0.25, 0.3) is 0 Å². The summed E-state index contributed by atoms with van der Waals surface area (Å²) in [6.07, 6.45) is 44.8. The minimum absolute atomic E-state index is 0.105. The van der Waals surface area contributed by atoms with Crippen LogP contribution in [-0.4, -0.2) is 96.7 Å². The van der Waals surface area contributed by atoms with Gasteiger partial charge in [0.2, 0.25) is 0 Å². The van der Waals surface area contributed by atoms with E-state index in [4.69, 9.17) is 37.0 Å². The fourth-order valence-electron chi connectivity index (χ4n) is 10.2. The Morgan fingerprint density at radius 1 is 0.310 bits per heavy atom. The second kappa shape index (κ2) is 60.3. The zero-order chi connectivity index (χ0) is 64.3. The summed E-state index contributed by atoms with van der Waals surface area (Å²) in [4.78, 5) is 72.1. The summed E-state index contributed by atoms with van der Waals surface area (Å²) in [5, 5.41) is 10.5. The fraction of sp³-hybridized carbons (Fsp3) is 0.941. The molecule has 0 rings (SSSR count). The van der Waals surface area contributed by atoms with Gasteiger partial charge in [-0.1, -0.05) is 292 Å². The van der Waals surface area contributed by atoms with Gasteiger partial charge >= 0.3 is 39.5 Å². The fourth-order valence-corrected chi connectivity index (χ4v) is 11.8. The van der Waals surface area contributed by atoms with E-state index < -0.39 is 97.5 Å². The van der Waals surface area contributed by atoms with Crippen LogP contribution in [0.15, 0.2) is 0 Å². The maximum atomic E-state index is 13.0. The average molecular weight is 1280 g/mol. The first-order chi connectivity index (χ1) is 41.9. The number of phosphoric acid groups is 2. The first kappa shape index (κ1) is 85.1. The lowest BCUT2D eigenvalue weighted by molar-refractivity contribution is -0.161. The molecule has 2 unspecified atom stereocenters. The van der Waals surface area contributed by atoms with Crippen LogP contribution in [0.1, 0.15) is 343 Å². The number of esters is 4. The molecule has 0 amide bonds. The molecule has 0 fully saturated rings. The number of aliphatic hydroxyl groups excluding tert-OH is 1. The normalized spacial score (nSPS) is 14.2. The lowest BCUT2D eigenvalue weighted by atomic mass is 10.0. The van der Waals surface area contributed by atoms with Crippen molar-refractivity contribution in [3.8, 4) is 0 Å². The lowest BCUT2D eigenvalue weighted by Crippen LogP contribution is -2.30. The molecule has 0 aliphatic carbocycles. The van der Waals surface area contributed by atoms with Crippen LogP contribution in [0.2, 0.25) is 0 Å². The van der Waals surface area contributed by atoms with Gasteiger partial charge in [0.05, 0.1) is 26.4 Å². The zero-order valence-corrected chi connectivity index (χ0v) is 58.1. The van der Waals surface area contributed by atoms with E-state index in [2.05, 4.69) is 41.5 Å². The monoisotopic (exact) mass is 1280 g/mol. The van der Waals surface area contributed by atoms with Gasteiger partial charge in [0.15, 0.2) is 12.2 Å². The van der Waals surface area contributed by atoms with Crippen molar-refractivity contribution in [1.29, 1.82) is 0 Å². The molecule has 19 heteroatoms. The van der Waals surface area contributed by atoms with Crippen LogP contribution >= 0.6 is 15.6 Å². The average Bonchev–Trinajstić information content (AvgIpc) is 3.53. The molecule has 0 saturated heterocycles. The van der Waals surface area contributed by atoms with Crippen LogP contribution in [0.5, 0.6) is 0 Å². The van der Waals surface area contributed by atoms with Gasteiger partial charge in [-0.2, -0.15) is 0 Å². The first-order valence-corrected chi connectivity index (χ1v) is 38.5. The first-order valence-electron chi connectivity index (χ1n) is 35.5. The van der Waals surface area contributed by atoms with Crippen molar-refractivity contribution < 1.29 is 80.2 Å². The number of hydrogen-bond acceptors (Lipinski definition) is 15. The third-order valence-electron chi connectivity index (χ3n) is 15.7. The van der Waals surface area contributed by atoms with E-state index >= 15 is 0 Å². The summed E-state index contributed by atoms with van der Waals surface area (Å²) in [7, 11) is -9.88. The van der Waals surface area contributed by atoms with Gasteiger partial charge in [0.1, 0.15) is 19.3 Å². The number of ether oxygens (including phenoxy) is 4. The van der Waals surface area contributed by atoms with Gasteiger partial charge in [-0.05, 0) is 37.5 Å². The standard InChI is InChI=1S/C68H132O17P2/c1-7-9-11-13-14-15-28-34-40-46-52-67(72)84-63(56-78-65(70)50-44-36-12-10-8-2)58-82-86(74,75)80-54-62(69)55-81-87(76,77)83-59-64(57-79-66(71)51-45-39-33-29-25-21-23-27-32-38-43-49-61(5)6)85-68(73)53-47-41-35-30-24-20-18-16-17-19-22-26-31-37-42-48-60(3)4/h60-64,69H,7-59H2,1-6H3,(H,74,75)(H,76,77)/t62-,63+,64+/m0/s1. The second-order valence-corrected chi connectivity index (χ2v) is 28.4. The molecule has 0 spiro atoms. The molecule has 0 aromatic heterocycles. The predicted molar refractivity (Wildman–Crippen MR) is 349 cm³/mol. The van der Waals surface area contributed by atoms with Crippen LogP contribution in [-0.2, 0) is 65.4 Å². The third kappa shape index (κ3) is 62.6. The maximum Gasteiger partial charge on any atom is 0.472 e. The van der Waals surface area contributed by atoms with Crippen molar-refractivity contribution in [2.45, 2.75) is 362 Å². The largest absolute Gasteiger partial charge is 0.472 e. The molecule has 516 valence electrons. The molecule has 0 saturated carbocycles. The van der Waals surface area contributed by atoms with E-state index in [0.717, 1.165) is 108 Å². The van der Waals surface area contributed by atoms with E-state index in [1.807, 2.05) is 0 Å². The summed E-state index contributed by atoms with van der Waals surface area (Å²) in [5.74, 6) is -0.564. The number of hydrogen-bond donors (Lipinski definition) is 3. The van der Waals surface area contributed by atoms with Crippen molar-refractivity contribution in [3.63, 3.8) is 0 Å². The SMILES string of the molecule is CCCCCCCCCCCCC(=O)O[C@H](COC(=O)CCCCCCC)COP(=O)(O)OC[C@H](O)COP(=O)(O)OC[C@@H](COC(=O)CCCCCCCCCCCCCC(C)C)OC(=O)CCCCCCCCCCCCCCCCCC(C)C. The Kier molecular flexibility index (Phi) is 59.0. The van der Waals surface area contributed by atoms with Crippen molar-refractivity contribution in [1.82, 2.24) is 0 Å². The van der Waals surface area contributed by atoms with Gasteiger partial charge < -0.3 is 33.8 Å². The molecule has 3 N–H and O–H groups in total. The number of unbranched alkanes of at least 4 members (excludes halogenated alkanes) is 37. The summed E-state index contributed by atoms with van der Waals surface area (Å²) in [6.45, 7) is 9.47. The summed E-state index contributed by atoms with van der Waals surface area (Å²) >= 11 is 0. The van der Waals surface area contributed by atoms with Crippen molar-refractivity contribution >= 4 is 39.5 Å². The number of carbonyl (C=O) groups excluding carboxylic acids is 4. The Morgan fingerprint density at radius 2 is 0.529 bits per heavy atom. The smallest absolute Gasteiger partial charge is 0.462 e. The Hall–Kier alpha value is -1.94.